The molecule has 0 spiro atoms. The van der Waals surface area contributed by atoms with Crippen LogP contribution in [0.15, 0.2) is 11.6 Å². The molecule has 0 aliphatic carbocycles. The number of thiazole rings is 1. The summed E-state index contributed by atoms with van der Waals surface area (Å²) in [6.45, 7) is 5.26. The third-order valence-corrected chi connectivity index (χ3v) is 3.72. The molecule has 6 heteroatoms. The fourth-order valence-electron chi connectivity index (χ4n) is 2.06. The number of likely N-dealkylation sites (N-methyl/N-ethyl adjacent to an activating group) is 1. The number of nitrogens with zero attached hydrogens (tertiary/aromatic N) is 3. The molecule has 0 unspecified atom stereocenters. The van der Waals surface area contributed by atoms with Crippen LogP contribution in [0.2, 0.25) is 0 Å². The summed E-state index contributed by atoms with van der Waals surface area (Å²) >= 11 is 1.65. The molecule has 0 aliphatic heterocycles. The van der Waals surface area contributed by atoms with Crippen LogP contribution < -0.4 is 10.6 Å². The Kier molecular flexibility index (Phi) is 4.57. The van der Waals surface area contributed by atoms with Gasteiger partial charge in [-0.1, -0.05) is 0 Å². The summed E-state index contributed by atoms with van der Waals surface area (Å²) in [6.07, 6.45) is 2.91. The average molecular weight is 268 g/mol. The molecule has 18 heavy (non-hydrogen) atoms. The molecule has 2 rings (SSSR count). The van der Waals surface area contributed by atoms with Crippen LogP contribution in [0.25, 0.3) is 4.96 Å². The lowest BCUT2D eigenvalue weighted by atomic mass is 10.3. The minimum Gasteiger partial charge on any atom is -0.383 e. The van der Waals surface area contributed by atoms with Crippen LogP contribution in [0.4, 0.5) is 5.82 Å². The summed E-state index contributed by atoms with van der Waals surface area (Å²) in [5.74, 6) is 1.05. The number of fused-ring (bicyclic) bond motifs is 1. The van der Waals surface area contributed by atoms with Crippen molar-refractivity contribution in [3.63, 3.8) is 0 Å². The highest BCUT2D eigenvalue weighted by molar-refractivity contribution is 7.15. The number of rotatable bonds is 7. The summed E-state index contributed by atoms with van der Waals surface area (Å²) in [7, 11) is 1.72. The molecule has 0 radical (unpaired) electrons. The second-order valence-corrected chi connectivity index (χ2v) is 4.92. The molecule has 0 saturated heterocycles. The van der Waals surface area contributed by atoms with Gasteiger partial charge < -0.3 is 15.4 Å². The normalized spacial score (nSPS) is 11.3. The molecule has 0 aromatic carbocycles. The molecule has 5 nitrogen and oxygen atoms in total. The van der Waals surface area contributed by atoms with E-state index in [0.717, 1.165) is 30.3 Å². The van der Waals surface area contributed by atoms with Crippen molar-refractivity contribution in [3.8, 4) is 0 Å². The highest BCUT2D eigenvalue weighted by Crippen LogP contribution is 2.24. The van der Waals surface area contributed by atoms with Gasteiger partial charge in [-0.15, -0.1) is 11.3 Å². The predicted molar refractivity (Wildman–Crippen MR) is 75.6 cm³/mol. The maximum atomic E-state index is 5.71. The third-order valence-electron chi connectivity index (χ3n) is 2.97. The minimum absolute atomic E-state index is 0.637. The van der Waals surface area contributed by atoms with Gasteiger partial charge in [-0.3, -0.25) is 4.40 Å². The molecule has 0 fully saturated rings. The van der Waals surface area contributed by atoms with E-state index in [-0.39, 0.29) is 0 Å². The number of nitrogens with two attached hydrogens (primary N) is 1. The molecular formula is C12H20N4OS. The van der Waals surface area contributed by atoms with Gasteiger partial charge in [-0.2, -0.15) is 0 Å². The molecule has 100 valence electrons. The van der Waals surface area contributed by atoms with Crippen LogP contribution in [-0.4, -0.2) is 42.7 Å². The van der Waals surface area contributed by atoms with Crippen molar-refractivity contribution < 1.29 is 4.74 Å². The number of imidazole rings is 1. The molecular weight excluding hydrogens is 248 g/mol. The first-order valence-electron chi connectivity index (χ1n) is 6.20. The number of ether oxygens (including phenoxy) is 1. The van der Waals surface area contributed by atoms with E-state index < -0.39 is 0 Å². The number of anilines is 1. The van der Waals surface area contributed by atoms with Crippen molar-refractivity contribution in [1.29, 1.82) is 0 Å². The van der Waals surface area contributed by atoms with Crippen molar-refractivity contribution in [2.45, 2.75) is 13.3 Å². The molecule has 0 saturated carbocycles. The second-order valence-electron chi connectivity index (χ2n) is 4.05. The van der Waals surface area contributed by atoms with E-state index in [1.165, 1.54) is 5.69 Å². The molecule has 0 bridgehead atoms. The molecule has 2 aromatic heterocycles. The van der Waals surface area contributed by atoms with Crippen molar-refractivity contribution in [1.82, 2.24) is 9.38 Å². The van der Waals surface area contributed by atoms with Gasteiger partial charge >= 0.3 is 0 Å². The Morgan fingerprint density at radius 3 is 3.06 bits per heavy atom. The quantitative estimate of drug-likeness (QED) is 0.824. The van der Waals surface area contributed by atoms with E-state index in [2.05, 4.69) is 27.8 Å². The first-order valence-corrected chi connectivity index (χ1v) is 7.08. The van der Waals surface area contributed by atoms with Gasteiger partial charge in [-0.25, -0.2) is 4.98 Å². The Bertz CT molecular complexity index is 493. The van der Waals surface area contributed by atoms with Crippen molar-refractivity contribution in [2.24, 2.45) is 5.73 Å². The van der Waals surface area contributed by atoms with Gasteiger partial charge in [0.15, 0.2) is 10.8 Å². The van der Waals surface area contributed by atoms with Gasteiger partial charge in [-0.05, 0) is 13.5 Å². The number of methoxy groups -OCH3 is 1. The van der Waals surface area contributed by atoms with Crippen LogP contribution in [0.5, 0.6) is 0 Å². The lowest BCUT2D eigenvalue weighted by molar-refractivity contribution is 0.205. The van der Waals surface area contributed by atoms with Crippen molar-refractivity contribution in [2.75, 3.05) is 38.3 Å². The first kappa shape index (κ1) is 13.3. The van der Waals surface area contributed by atoms with Crippen LogP contribution in [0.3, 0.4) is 0 Å². The SMILES string of the molecule is CCN(CCOC)c1nc2sccn2c1CCN. The van der Waals surface area contributed by atoms with Crippen LogP contribution >= 0.6 is 11.3 Å². The molecule has 2 heterocycles. The van der Waals surface area contributed by atoms with Gasteiger partial charge in [0.2, 0.25) is 0 Å². The van der Waals surface area contributed by atoms with Crippen molar-refractivity contribution in [3.05, 3.63) is 17.3 Å². The highest BCUT2D eigenvalue weighted by Gasteiger charge is 2.17. The van der Waals surface area contributed by atoms with Gasteiger partial charge in [0.05, 0.1) is 12.3 Å². The van der Waals surface area contributed by atoms with Gasteiger partial charge in [0.1, 0.15) is 0 Å². The van der Waals surface area contributed by atoms with Crippen LogP contribution in [-0.2, 0) is 11.2 Å². The lowest BCUT2D eigenvalue weighted by Crippen LogP contribution is -2.28. The minimum atomic E-state index is 0.637. The van der Waals surface area contributed by atoms with E-state index in [0.29, 0.717) is 13.2 Å². The monoisotopic (exact) mass is 268 g/mol. The van der Waals surface area contributed by atoms with E-state index in [9.17, 15) is 0 Å². The van der Waals surface area contributed by atoms with Gasteiger partial charge in [0.25, 0.3) is 0 Å². The number of hydrogen-bond acceptors (Lipinski definition) is 5. The Morgan fingerprint density at radius 1 is 1.56 bits per heavy atom. The molecule has 2 N–H and O–H groups in total. The zero-order valence-corrected chi connectivity index (χ0v) is 11.7. The third kappa shape index (κ3) is 2.50. The van der Waals surface area contributed by atoms with E-state index in [4.69, 9.17) is 15.5 Å². The zero-order valence-electron chi connectivity index (χ0n) is 10.9. The first-order chi connectivity index (χ1) is 8.81. The van der Waals surface area contributed by atoms with E-state index in [1.807, 2.05) is 0 Å². The summed E-state index contributed by atoms with van der Waals surface area (Å²) in [4.78, 5) is 7.99. The molecule has 0 amide bonds. The fraction of sp³-hybridized carbons (Fsp3) is 0.583. The maximum Gasteiger partial charge on any atom is 0.195 e. The Morgan fingerprint density at radius 2 is 2.39 bits per heavy atom. The predicted octanol–water partition coefficient (Wildman–Crippen LogP) is 1.37. The summed E-state index contributed by atoms with van der Waals surface area (Å²) < 4.78 is 7.29. The molecule has 2 aromatic rings. The average Bonchev–Trinajstić information content (AvgIpc) is 2.94. The molecule has 0 atom stereocenters. The van der Waals surface area contributed by atoms with Gasteiger partial charge in [0, 0.05) is 38.2 Å². The Labute approximate surface area is 111 Å². The largest absolute Gasteiger partial charge is 0.383 e. The topological polar surface area (TPSA) is 55.8 Å². The zero-order chi connectivity index (χ0) is 13.0. The lowest BCUT2D eigenvalue weighted by Gasteiger charge is -2.21. The van der Waals surface area contributed by atoms with Crippen molar-refractivity contribution >= 4 is 22.1 Å². The summed E-state index contributed by atoms with van der Waals surface area (Å²) in [6, 6.07) is 0. The Balaban J connectivity index is 2.34. The fourth-order valence-corrected chi connectivity index (χ4v) is 2.79. The smallest absolute Gasteiger partial charge is 0.195 e. The van der Waals surface area contributed by atoms with Crippen LogP contribution in [0.1, 0.15) is 12.6 Å². The summed E-state index contributed by atoms with van der Waals surface area (Å²) in [5, 5.41) is 2.05. The highest BCUT2D eigenvalue weighted by atomic mass is 32.1. The number of aromatic nitrogens is 2. The van der Waals surface area contributed by atoms with E-state index in [1.54, 1.807) is 18.4 Å². The van der Waals surface area contributed by atoms with Crippen LogP contribution in [0, 0.1) is 0 Å². The Hall–Kier alpha value is -1.11. The second kappa shape index (κ2) is 6.17. The van der Waals surface area contributed by atoms with E-state index >= 15 is 0 Å². The molecule has 0 aliphatic rings. The maximum absolute atomic E-state index is 5.71. The summed E-state index contributed by atoms with van der Waals surface area (Å²) in [5.41, 5.74) is 6.91. The standard InChI is InChI=1S/C12H20N4OS/c1-3-15(6-8-17-2)11-10(4-5-13)16-7-9-18-12(16)14-11/h7,9H,3-6,8,13H2,1-2H3. The number of hydrogen-bond donors (Lipinski definition) is 1.